The number of esters is 2. The Balaban J connectivity index is 4.27. The topological polar surface area (TPSA) is 61.8 Å². The Bertz CT molecular complexity index is 1040. The van der Waals surface area contributed by atoms with Crippen molar-refractivity contribution in [1.82, 2.24) is 0 Å². The first kappa shape index (κ1) is 57.6. The van der Waals surface area contributed by atoms with Crippen molar-refractivity contribution in [2.45, 2.75) is 258 Å². The Labute approximate surface area is 373 Å². The van der Waals surface area contributed by atoms with Crippen LogP contribution in [-0.2, 0) is 23.8 Å². The van der Waals surface area contributed by atoms with Gasteiger partial charge in [-0.2, -0.15) is 0 Å². The van der Waals surface area contributed by atoms with Crippen molar-refractivity contribution in [2.24, 2.45) is 0 Å². The zero-order valence-corrected chi connectivity index (χ0v) is 40.0. The summed E-state index contributed by atoms with van der Waals surface area (Å²) in [6.07, 6.45) is 63.7. The summed E-state index contributed by atoms with van der Waals surface area (Å²) < 4.78 is 17.4. The highest BCUT2D eigenvalue weighted by molar-refractivity contribution is 5.70. The molecule has 0 radical (unpaired) electrons. The lowest BCUT2D eigenvalue weighted by molar-refractivity contribution is -0.163. The molecule has 60 heavy (non-hydrogen) atoms. The van der Waals surface area contributed by atoms with E-state index in [0.29, 0.717) is 19.4 Å². The fraction of sp³-hybridized carbons (Fsp3) is 0.782. The number of unbranched alkanes of at least 4 members (excludes halogenated alkanes) is 26. The maximum Gasteiger partial charge on any atom is 0.306 e. The highest BCUT2D eigenvalue weighted by Crippen LogP contribution is 2.14. The minimum absolute atomic E-state index is 0.0735. The fourth-order valence-electron chi connectivity index (χ4n) is 7.15. The summed E-state index contributed by atoms with van der Waals surface area (Å²) in [6.45, 7) is 7.66. The molecule has 0 saturated heterocycles. The van der Waals surface area contributed by atoms with Gasteiger partial charge in [0.15, 0.2) is 6.10 Å². The summed E-state index contributed by atoms with van der Waals surface area (Å²) in [5.41, 5.74) is 0. The molecule has 0 aromatic rings. The van der Waals surface area contributed by atoms with Crippen LogP contribution in [0.3, 0.4) is 0 Å². The van der Waals surface area contributed by atoms with Crippen LogP contribution in [0.4, 0.5) is 0 Å². The second-order valence-electron chi connectivity index (χ2n) is 17.0. The molecule has 0 aromatic carbocycles. The minimum Gasteiger partial charge on any atom is -0.462 e. The second kappa shape index (κ2) is 51.0. The van der Waals surface area contributed by atoms with Crippen LogP contribution in [0.15, 0.2) is 60.8 Å². The normalized spacial score (nSPS) is 12.7. The standard InChI is InChI=1S/C55H98O5/c1-4-7-10-13-16-19-22-25-27-28-30-31-33-36-39-42-45-48-54(56)59-52-53(51-58-50-47-44-41-38-35-24-21-18-15-12-9-6-3)60-55(57)49-46-43-40-37-34-32-29-26-23-20-17-14-11-8-5-2/h8,11,15,17-18,20,25-27,29,53H,4-7,9-10,12-14,16,19,21-24,28,30-52H2,1-3H3/b11-8-,18-15-,20-17-,27-25-,29-26-. The molecule has 1 atom stereocenters. The van der Waals surface area contributed by atoms with E-state index in [-0.39, 0.29) is 25.2 Å². The van der Waals surface area contributed by atoms with Gasteiger partial charge in [-0.15, -0.1) is 0 Å². The quantitative estimate of drug-likeness (QED) is 0.0347. The highest BCUT2D eigenvalue weighted by atomic mass is 16.6. The molecular formula is C55H98O5. The lowest BCUT2D eigenvalue weighted by Crippen LogP contribution is -2.30. The van der Waals surface area contributed by atoms with Crippen molar-refractivity contribution in [3.63, 3.8) is 0 Å². The van der Waals surface area contributed by atoms with Gasteiger partial charge in [-0.25, -0.2) is 0 Å². The third-order valence-corrected chi connectivity index (χ3v) is 11.0. The third kappa shape index (κ3) is 48.3. The van der Waals surface area contributed by atoms with Crippen LogP contribution in [0.2, 0.25) is 0 Å². The zero-order valence-electron chi connectivity index (χ0n) is 40.0. The van der Waals surface area contributed by atoms with Crippen molar-refractivity contribution in [2.75, 3.05) is 19.8 Å². The Morgan fingerprint density at radius 1 is 0.383 bits per heavy atom. The average molecular weight is 839 g/mol. The number of hydrogen-bond acceptors (Lipinski definition) is 5. The van der Waals surface area contributed by atoms with Gasteiger partial charge >= 0.3 is 11.9 Å². The van der Waals surface area contributed by atoms with Gasteiger partial charge in [-0.3, -0.25) is 9.59 Å². The van der Waals surface area contributed by atoms with Crippen molar-refractivity contribution in [1.29, 1.82) is 0 Å². The molecule has 0 N–H and O–H groups in total. The first-order valence-electron chi connectivity index (χ1n) is 25.8. The Hall–Kier alpha value is -2.40. The predicted octanol–water partition coefficient (Wildman–Crippen LogP) is 17.3. The molecule has 5 heteroatoms. The number of carbonyl (C=O) groups is 2. The molecule has 5 nitrogen and oxygen atoms in total. The van der Waals surface area contributed by atoms with E-state index in [1.807, 2.05) is 0 Å². The summed E-state index contributed by atoms with van der Waals surface area (Å²) in [5.74, 6) is -0.420. The maximum atomic E-state index is 12.8. The third-order valence-electron chi connectivity index (χ3n) is 11.0. The monoisotopic (exact) mass is 839 g/mol. The molecule has 0 aliphatic carbocycles. The van der Waals surface area contributed by atoms with Gasteiger partial charge in [0.25, 0.3) is 0 Å². The minimum atomic E-state index is -0.549. The van der Waals surface area contributed by atoms with Gasteiger partial charge in [0.1, 0.15) is 6.61 Å². The predicted molar refractivity (Wildman–Crippen MR) is 261 cm³/mol. The first-order valence-corrected chi connectivity index (χ1v) is 25.8. The van der Waals surface area contributed by atoms with Gasteiger partial charge in [0.2, 0.25) is 0 Å². The van der Waals surface area contributed by atoms with E-state index >= 15 is 0 Å². The molecule has 0 rings (SSSR count). The van der Waals surface area contributed by atoms with Crippen molar-refractivity contribution < 1.29 is 23.8 Å². The van der Waals surface area contributed by atoms with E-state index in [1.165, 1.54) is 141 Å². The van der Waals surface area contributed by atoms with Gasteiger partial charge in [-0.1, -0.05) is 204 Å². The van der Waals surface area contributed by atoms with Crippen molar-refractivity contribution in [3.05, 3.63) is 60.8 Å². The zero-order chi connectivity index (χ0) is 43.5. The molecule has 0 heterocycles. The maximum absolute atomic E-state index is 12.8. The van der Waals surface area contributed by atoms with Crippen LogP contribution < -0.4 is 0 Å². The molecule has 1 unspecified atom stereocenters. The smallest absolute Gasteiger partial charge is 0.306 e. The summed E-state index contributed by atoms with van der Waals surface area (Å²) in [5, 5.41) is 0. The largest absolute Gasteiger partial charge is 0.462 e. The molecular weight excluding hydrogens is 741 g/mol. The second-order valence-corrected chi connectivity index (χ2v) is 17.0. The lowest BCUT2D eigenvalue weighted by atomic mass is 10.1. The molecule has 0 aromatic heterocycles. The molecule has 0 aliphatic rings. The van der Waals surface area contributed by atoms with Gasteiger partial charge in [-0.05, 0) is 96.3 Å². The van der Waals surface area contributed by atoms with Crippen LogP contribution in [-0.4, -0.2) is 37.9 Å². The molecule has 0 bridgehead atoms. The van der Waals surface area contributed by atoms with E-state index in [0.717, 1.165) is 77.0 Å². The number of allylic oxidation sites excluding steroid dienone is 10. The van der Waals surface area contributed by atoms with Crippen molar-refractivity contribution in [3.8, 4) is 0 Å². The average Bonchev–Trinajstić information content (AvgIpc) is 3.25. The number of ether oxygens (including phenoxy) is 3. The van der Waals surface area contributed by atoms with Crippen LogP contribution >= 0.6 is 0 Å². The molecule has 0 amide bonds. The van der Waals surface area contributed by atoms with Crippen LogP contribution in [0.25, 0.3) is 0 Å². The van der Waals surface area contributed by atoms with E-state index in [9.17, 15) is 9.59 Å². The van der Waals surface area contributed by atoms with E-state index < -0.39 is 6.10 Å². The first-order chi connectivity index (χ1) is 29.6. The van der Waals surface area contributed by atoms with Gasteiger partial charge in [0.05, 0.1) is 6.61 Å². The molecule has 0 saturated carbocycles. The Morgan fingerprint density at radius 2 is 0.767 bits per heavy atom. The molecule has 348 valence electrons. The van der Waals surface area contributed by atoms with Crippen LogP contribution in [0, 0.1) is 0 Å². The van der Waals surface area contributed by atoms with Crippen molar-refractivity contribution >= 4 is 11.9 Å². The SMILES string of the molecule is CC/C=C\C/C=C\C/C=C\CCCCCCCC(=O)OC(COCCCCCCCC/C=C\CCCC)COC(=O)CCCCCCCCC/C=C\CCCCCCCC. The van der Waals surface area contributed by atoms with Crippen LogP contribution in [0.1, 0.15) is 252 Å². The van der Waals surface area contributed by atoms with E-state index in [4.69, 9.17) is 14.2 Å². The summed E-state index contributed by atoms with van der Waals surface area (Å²) in [4.78, 5) is 25.4. The fourth-order valence-corrected chi connectivity index (χ4v) is 7.15. The summed E-state index contributed by atoms with van der Waals surface area (Å²) in [6, 6.07) is 0. The lowest BCUT2D eigenvalue weighted by Gasteiger charge is -2.18. The number of carbonyl (C=O) groups excluding carboxylic acids is 2. The number of rotatable bonds is 47. The summed E-state index contributed by atoms with van der Waals surface area (Å²) in [7, 11) is 0. The Kier molecular flexibility index (Phi) is 48.9. The summed E-state index contributed by atoms with van der Waals surface area (Å²) >= 11 is 0. The highest BCUT2D eigenvalue weighted by Gasteiger charge is 2.17. The number of hydrogen-bond donors (Lipinski definition) is 0. The van der Waals surface area contributed by atoms with E-state index in [1.54, 1.807) is 0 Å². The molecule has 0 fully saturated rings. The van der Waals surface area contributed by atoms with Gasteiger partial charge in [0, 0.05) is 19.4 Å². The molecule has 0 aliphatic heterocycles. The molecule has 0 spiro atoms. The van der Waals surface area contributed by atoms with E-state index in [2.05, 4.69) is 81.5 Å². The van der Waals surface area contributed by atoms with Gasteiger partial charge < -0.3 is 14.2 Å². The van der Waals surface area contributed by atoms with Crippen LogP contribution in [0.5, 0.6) is 0 Å². The Morgan fingerprint density at radius 3 is 1.27 bits per heavy atom.